The van der Waals surface area contributed by atoms with E-state index in [1.807, 2.05) is 30.3 Å². The number of halogens is 5. The molecule has 3 aromatic carbocycles. The van der Waals surface area contributed by atoms with Crippen LogP contribution in [-0.4, -0.2) is 64.5 Å². The number of hydrogen-bond acceptors (Lipinski definition) is 9. The summed E-state index contributed by atoms with van der Waals surface area (Å²) >= 11 is 13.7. The highest BCUT2D eigenvalue weighted by molar-refractivity contribution is 7.99. The van der Waals surface area contributed by atoms with Crippen molar-refractivity contribution >= 4 is 40.9 Å². The molecule has 4 aromatic rings. The average molecular weight is 697 g/mol. The molecule has 6 rings (SSSR count). The van der Waals surface area contributed by atoms with E-state index in [9.17, 15) is 18.0 Å². The number of thioether (sulfide) groups is 1. The summed E-state index contributed by atoms with van der Waals surface area (Å²) in [6.07, 6.45) is -1.69. The first-order valence-electron chi connectivity index (χ1n) is 14.1. The maximum atomic E-state index is 14.1. The first-order chi connectivity index (χ1) is 22.2. The Morgan fingerprint density at radius 1 is 1.04 bits per heavy atom. The van der Waals surface area contributed by atoms with Gasteiger partial charge in [0.1, 0.15) is 42.1 Å². The third kappa shape index (κ3) is 7.05. The zero-order valence-electron chi connectivity index (χ0n) is 24.0. The highest BCUT2D eigenvalue weighted by Gasteiger charge is 2.52. The standard InChI is InChI=1S/C31H26Cl2F3N3O6S/c1-2-41-25(40)15-42-29-27(39-13-23(37-38-39)17-10-21(34)26(36)22(35)11-17)28-24(14-43-30(45-28)16-6-4-3-5-7-16)44-31(29)46-18-8-9-19(32)20(33)12-18/h3-13,24,27-31H,2,14-15H2,1H3/t24-,27+,28+,29-,30?,31-/m1/s1. The van der Waals surface area contributed by atoms with Crippen LogP contribution in [0.15, 0.2) is 71.8 Å². The molecule has 46 heavy (non-hydrogen) atoms. The summed E-state index contributed by atoms with van der Waals surface area (Å²) in [5.41, 5.74) is -0.00308. The second kappa shape index (κ2) is 14.3. The molecule has 0 spiro atoms. The largest absolute Gasteiger partial charge is 0.464 e. The summed E-state index contributed by atoms with van der Waals surface area (Å²) in [6, 6.07) is 15.2. The molecular formula is C31H26Cl2F3N3O6S. The fraction of sp³-hybridized carbons (Fsp3) is 0.323. The third-order valence-corrected chi connectivity index (χ3v) is 9.20. The Hall–Kier alpha value is -3.17. The number of aromatic nitrogens is 3. The van der Waals surface area contributed by atoms with Crippen LogP contribution in [-0.2, 0) is 28.5 Å². The summed E-state index contributed by atoms with van der Waals surface area (Å²) < 4.78 is 73.7. The Morgan fingerprint density at radius 2 is 1.80 bits per heavy atom. The predicted octanol–water partition coefficient (Wildman–Crippen LogP) is 6.79. The number of rotatable bonds is 9. The Balaban J connectivity index is 1.40. The van der Waals surface area contributed by atoms with Crippen molar-refractivity contribution in [2.75, 3.05) is 19.8 Å². The molecule has 0 N–H and O–H groups in total. The molecule has 0 aliphatic carbocycles. The van der Waals surface area contributed by atoms with Crippen LogP contribution in [0.4, 0.5) is 13.2 Å². The molecular weight excluding hydrogens is 670 g/mol. The first kappa shape index (κ1) is 32.8. The van der Waals surface area contributed by atoms with Crippen LogP contribution < -0.4 is 0 Å². The van der Waals surface area contributed by atoms with E-state index in [0.717, 1.165) is 17.7 Å². The molecule has 0 amide bonds. The van der Waals surface area contributed by atoms with Crippen LogP contribution in [0, 0.1) is 17.5 Å². The quantitative estimate of drug-likeness (QED) is 0.139. The van der Waals surface area contributed by atoms with Crippen LogP contribution in [0.3, 0.4) is 0 Å². The van der Waals surface area contributed by atoms with Crippen molar-refractivity contribution in [3.05, 3.63) is 99.9 Å². The van der Waals surface area contributed by atoms with Crippen molar-refractivity contribution in [2.24, 2.45) is 0 Å². The highest BCUT2D eigenvalue weighted by Crippen LogP contribution is 2.45. The van der Waals surface area contributed by atoms with Gasteiger partial charge in [-0.05, 0) is 37.3 Å². The second-order valence-electron chi connectivity index (χ2n) is 10.3. The molecule has 0 saturated carbocycles. The van der Waals surface area contributed by atoms with Gasteiger partial charge < -0.3 is 23.7 Å². The number of carbonyl (C=O) groups excluding carboxylic acids is 1. The molecule has 1 unspecified atom stereocenters. The Labute approximate surface area is 275 Å². The molecule has 15 heteroatoms. The average Bonchev–Trinajstić information content (AvgIpc) is 3.54. The van der Waals surface area contributed by atoms with Gasteiger partial charge in [0.25, 0.3) is 0 Å². The van der Waals surface area contributed by atoms with E-state index in [1.54, 1.807) is 25.1 Å². The van der Waals surface area contributed by atoms with Gasteiger partial charge in [-0.25, -0.2) is 22.6 Å². The molecule has 0 radical (unpaired) electrons. The van der Waals surface area contributed by atoms with Crippen molar-refractivity contribution in [1.29, 1.82) is 0 Å². The van der Waals surface area contributed by atoms with Crippen LogP contribution >= 0.6 is 35.0 Å². The number of carbonyl (C=O) groups is 1. The van der Waals surface area contributed by atoms with Gasteiger partial charge in [0, 0.05) is 16.0 Å². The fourth-order valence-electron chi connectivity index (χ4n) is 5.23. The van der Waals surface area contributed by atoms with E-state index in [1.165, 1.54) is 22.6 Å². The van der Waals surface area contributed by atoms with Gasteiger partial charge in [-0.2, -0.15) is 0 Å². The zero-order valence-corrected chi connectivity index (χ0v) is 26.4. The summed E-state index contributed by atoms with van der Waals surface area (Å²) in [5, 5.41) is 9.09. The van der Waals surface area contributed by atoms with Gasteiger partial charge in [-0.3, -0.25) is 0 Å². The van der Waals surface area contributed by atoms with Crippen molar-refractivity contribution in [3.63, 3.8) is 0 Å². The first-order valence-corrected chi connectivity index (χ1v) is 15.8. The van der Waals surface area contributed by atoms with E-state index >= 15 is 0 Å². The van der Waals surface area contributed by atoms with Crippen molar-refractivity contribution < 1.29 is 41.7 Å². The number of benzene rings is 3. The lowest BCUT2D eigenvalue weighted by Gasteiger charge is -2.49. The zero-order chi connectivity index (χ0) is 32.4. The maximum absolute atomic E-state index is 14.1. The van der Waals surface area contributed by atoms with Crippen molar-refractivity contribution in [3.8, 4) is 11.3 Å². The predicted molar refractivity (Wildman–Crippen MR) is 162 cm³/mol. The molecule has 2 fully saturated rings. The number of ether oxygens (including phenoxy) is 5. The highest BCUT2D eigenvalue weighted by atomic mass is 35.5. The SMILES string of the molecule is CCOC(=O)CO[C@@H]1[C@@H](n2cc(-c3cc(F)c(F)c(F)c3)nn2)[C@H]2OC(c3ccccc3)OC[C@H]2O[C@@H]1Sc1ccc(Cl)c(Cl)c1. The minimum Gasteiger partial charge on any atom is -0.464 e. The van der Waals surface area contributed by atoms with Crippen LogP contribution in [0.1, 0.15) is 24.8 Å². The van der Waals surface area contributed by atoms with Gasteiger partial charge in [0.05, 0.1) is 29.5 Å². The lowest BCUT2D eigenvalue weighted by Crippen LogP contribution is -2.59. The van der Waals surface area contributed by atoms with Gasteiger partial charge in [-0.1, -0.05) is 70.5 Å². The van der Waals surface area contributed by atoms with Crippen LogP contribution in [0.2, 0.25) is 10.0 Å². The molecule has 2 aliphatic heterocycles. The molecule has 242 valence electrons. The van der Waals surface area contributed by atoms with Gasteiger partial charge in [0.2, 0.25) is 0 Å². The minimum atomic E-state index is -1.60. The molecule has 2 saturated heterocycles. The Morgan fingerprint density at radius 3 is 2.52 bits per heavy atom. The van der Waals surface area contributed by atoms with Crippen LogP contribution in [0.5, 0.6) is 0 Å². The summed E-state index contributed by atoms with van der Waals surface area (Å²) in [7, 11) is 0. The third-order valence-electron chi connectivity index (χ3n) is 7.32. The molecule has 3 heterocycles. The number of hydrogen-bond donors (Lipinski definition) is 0. The molecule has 2 aliphatic rings. The fourth-order valence-corrected chi connectivity index (χ4v) is 6.76. The van der Waals surface area contributed by atoms with Gasteiger partial charge in [0.15, 0.2) is 23.7 Å². The number of esters is 1. The van der Waals surface area contributed by atoms with E-state index < -0.39 is 66.1 Å². The smallest absolute Gasteiger partial charge is 0.332 e. The normalized spacial score (nSPS) is 24.4. The van der Waals surface area contributed by atoms with E-state index in [2.05, 4.69) is 10.3 Å². The Bertz CT molecular complexity index is 1680. The molecule has 1 aromatic heterocycles. The summed E-state index contributed by atoms with van der Waals surface area (Å²) in [6.45, 7) is 1.52. The monoisotopic (exact) mass is 695 g/mol. The molecule has 0 bridgehead atoms. The summed E-state index contributed by atoms with van der Waals surface area (Å²) in [4.78, 5) is 13.2. The van der Waals surface area contributed by atoms with Gasteiger partial charge >= 0.3 is 5.97 Å². The summed E-state index contributed by atoms with van der Waals surface area (Å²) in [5.74, 6) is -4.94. The number of fused-ring (bicyclic) bond motifs is 1. The topological polar surface area (TPSA) is 93.9 Å². The van der Waals surface area contributed by atoms with Crippen LogP contribution in [0.25, 0.3) is 11.3 Å². The Kier molecular flexibility index (Phi) is 10.2. The second-order valence-corrected chi connectivity index (χ2v) is 12.3. The van der Waals surface area contributed by atoms with E-state index in [0.29, 0.717) is 14.9 Å². The van der Waals surface area contributed by atoms with Crippen molar-refractivity contribution in [1.82, 2.24) is 15.0 Å². The lowest BCUT2D eigenvalue weighted by atomic mass is 9.95. The van der Waals surface area contributed by atoms with Crippen molar-refractivity contribution in [2.45, 2.75) is 47.9 Å². The van der Waals surface area contributed by atoms with E-state index in [4.69, 9.17) is 46.9 Å². The molecule has 6 atom stereocenters. The maximum Gasteiger partial charge on any atom is 0.332 e. The molecule has 9 nitrogen and oxygen atoms in total. The van der Waals surface area contributed by atoms with Gasteiger partial charge in [-0.15, -0.1) is 5.10 Å². The number of nitrogens with zero attached hydrogens (tertiary/aromatic N) is 3. The minimum absolute atomic E-state index is 0.0351. The van der Waals surface area contributed by atoms with E-state index in [-0.39, 0.29) is 24.5 Å². The lowest BCUT2D eigenvalue weighted by molar-refractivity contribution is -0.310.